The summed E-state index contributed by atoms with van der Waals surface area (Å²) in [5.74, 6) is -14.3. The molecule has 0 aromatic rings. The minimum Gasteiger partial charge on any atom is -0.189 e. The van der Waals surface area contributed by atoms with Crippen LogP contribution in [0.25, 0.3) is 0 Å². The molecule has 112 valence electrons. The van der Waals surface area contributed by atoms with Gasteiger partial charge in [0.25, 0.3) is 0 Å². The predicted molar refractivity (Wildman–Crippen MR) is 42.6 cm³/mol. The molecule has 0 nitrogen and oxygen atoms in total. The topological polar surface area (TPSA) is 0 Å². The van der Waals surface area contributed by atoms with Crippen LogP contribution in [0.1, 0.15) is 26.7 Å². The van der Waals surface area contributed by atoms with Gasteiger partial charge in [0.2, 0.25) is 0 Å². The molecule has 0 atom stereocenters. The van der Waals surface area contributed by atoms with E-state index in [1.54, 1.807) is 0 Å². The summed E-state index contributed by atoms with van der Waals surface area (Å²) in [6, 6.07) is 0. The van der Waals surface area contributed by atoms with Gasteiger partial charge in [0.1, 0.15) is 0 Å². The number of halogens is 10. The normalized spacial score (nSPS) is 14.0. The number of alkyl halides is 10. The molecule has 0 aromatic carbocycles. The van der Waals surface area contributed by atoms with E-state index in [2.05, 4.69) is 13.8 Å². The summed E-state index contributed by atoms with van der Waals surface area (Å²) in [7, 11) is 0. The van der Waals surface area contributed by atoms with Crippen molar-refractivity contribution in [1.82, 2.24) is 0 Å². The zero-order valence-electron chi connectivity index (χ0n) is 9.19. The molecule has 18 heavy (non-hydrogen) atoms. The average molecular weight is 296 g/mol. The van der Waals surface area contributed by atoms with Crippen LogP contribution < -0.4 is 0 Å². The monoisotopic (exact) mass is 296 g/mol. The van der Waals surface area contributed by atoms with Crippen LogP contribution >= 0.6 is 0 Å². The maximum absolute atomic E-state index is 11.6. The van der Waals surface area contributed by atoms with Gasteiger partial charge in [-0.2, -0.15) is 43.9 Å². The minimum absolute atomic E-state index is 1.32. The molecule has 0 saturated heterocycles. The molecule has 0 aromatic heterocycles. The van der Waals surface area contributed by atoms with Crippen molar-refractivity contribution < 1.29 is 43.9 Å². The van der Waals surface area contributed by atoms with Gasteiger partial charge in [-0.15, -0.1) is 0 Å². The highest BCUT2D eigenvalue weighted by molar-refractivity contribution is 4.95. The minimum atomic E-state index is -7.14. The molecule has 0 saturated carbocycles. The summed E-state index contributed by atoms with van der Waals surface area (Å²) < 4.78 is 113. The van der Waals surface area contributed by atoms with Gasteiger partial charge in [0.15, 0.2) is 0 Å². The van der Waals surface area contributed by atoms with Crippen LogP contribution in [0.15, 0.2) is 0 Å². The molecular weight excluding hydrogens is 286 g/mol. The average Bonchev–Trinajstić information content (AvgIpc) is 2.14. The van der Waals surface area contributed by atoms with E-state index >= 15 is 0 Å². The number of rotatable bonds is 2. The van der Waals surface area contributed by atoms with E-state index in [0.717, 1.165) is 0 Å². The van der Waals surface area contributed by atoms with Crippen molar-refractivity contribution in [3.63, 3.8) is 0 Å². The van der Waals surface area contributed by atoms with Gasteiger partial charge in [-0.3, -0.25) is 0 Å². The third-order valence-electron chi connectivity index (χ3n) is 1.61. The van der Waals surface area contributed by atoms with E-state index in [4.69, 9.17) is 0 Å². The van der Waals surface area contributed by atoms with Crippen molar-refractivity contribution in [3.05, 3.63) is 0 Å². The van der Waals surface area contributed by atoms with Gasteiger partial charge in [0.05, 0.1) is 0 Å². The largest absolute Gasteiger partial charge is 0.460 e. The molecule has 0 fully saturated rings. The Morgan fingerprint density at radius 2 is 0.667 bits per heavy atom. The van der Waals surface area contributed by atoms with Gasteiger partial charge in [-0.25, -0.2) is 0 Å². The zero-order chi connectivity index (χ0) is 15.4. The van der Waals surface area contributed by atoms with Crippen LogP contribution in [0.3, 0.4) is 0 Å². The Morgan fingerprint density at radius 3 is 0.722 bits per heavy atom. The van der Waals surface area contributed by atoms with Crippen molar-refractivity contribution in [3.8, 4) is 0 Å². The summed E-state index contributed by atoms with van der Waals surface area (Å²) in [6.07, 6.45) is -11.3. The summed E-state index contributed by atoms with van der Waals surface area (Å²) in [6.45, 7) is 4.36. The quantitative estimate of drug-likeness (QED) is 0.615. The van der Waals surface area contributed by atoms with Crippen LogP contribution in [-0.2, 0) is 0 Å². The van der Waals surface area contributed by atoms with Gasteiger partial charge in [0, 0.05) is 0 Å². The maximum atomic E-state index is 11.6. The second-order valence-corrected chi connectivity index (χ2v) is 3.14. The Balaban J connectivity index is 0. The van der Waals surface area contributed by atoms with Crippen molar-refractivity contribution in [2.45, 2.75) is 50.9 Å². The van der Waals surface area contributed by atoms with Crippen molar-refractivity contribution in [1.29, 1.82) is 0 Å². The van der Waals surface area contributed by atoms with Crippen LogP contribution in [0.5, 0.6) is 0 Å². The molecule has 0 heterocycles. The standard InChI is InChI=1S/C4F10.C4H10/c5-1(6,3(9,10)11)2(7,8)4(12,13)14;1-3-4-2/h;3-4H2,1-2H3. The van der Waals surface area contributed by atoms with Crippen molar-refractivity contribution >= 4 is 0 Å². The summed E-state index contributed by atoms with van der Waals surface area (Å²) in [5.41, 5.74) is 0. The Bertz CT molecular complexity index is 209. The van der Waals surface area contributed by atoms with Crippen LogP contribution in [0.4, 0.5) is 43.9 Å². The molecule has 0 bridgehead atoms. The van der Waals surface area contributed by atoms with Gasteiger partial charge in [-0.1, -0.05) is 26.7 Å². The highest BCUT2D eigenvalue weighted by Crippen LogP contribution is 2.53. The highest BCUT2D eigenvalue weighted by Gasteiger charge is 2.82. The van der Waals surface area contributed by atoms with E-state index in [1.165, 1.54) is 12.8 Å². The predicted octanol–water partition coefficient (Wildman–Crippen LogP) is 5.19. The molecule has 0 rings (SSSR count). The second-order valence-electron chi connectivity index (χ2n) is 3.14. The fourth-order valence-corrected chi connectivity index (χ4v) is 0.356. The Morgan fingerprint density at radius 1 is 0.500 bits per heavy atom. The first-order valence-electron chi connectivity index (χ1n) is 4.55. The van der Waals surface area contributed by atoms with E-state index < -0.39 is 24.2 Å². The summed E-state index contributed by atoms with van der Waals surface area (Å²) in [5, 5.41) is 0. The smallest absolute Gasteiger partial charge is 0.189 e. The fourth-order valence-electron chi connectivity index (χ4n) is 0.356. The Kier molecular flexibility index (Phi) is 6.50. The first-order chi connectivity index (χ1) is 7.66. The van der Waals surface area contributed by atoms with Gasteiger partial charge in [-0.05, 0) is 0 Å². The first kappa shape index (κ1) is 19.6. The zero-order valence-corrected chi connectivity index (χ0v) is 9.19. The lowest BCUT2D eigenvalue weighted by atomic mass is 10.1. The van der Waals surface area contributed by atoms with Gasteiger partial charge >= 0.3 is 24.2 Å². The van der Waals surface area contributed by atoms with Crippen LogP contribution in [0, 0.1) is 0 Å². The molecule has 10 heteroatoms. The molecule has 0 radical (unpaired) electrons. The third kappa shape index (κ3) is 4.20. The van der Waals surface area contributed by atoms with Crippen LogP contribution in [-0.4, -0.2) is 24.2 Å². The SMILES string of the molecule is CCCC.FC(F)(F)C(F)(F)C(F)(F)C(F)(F)F. The van der Waals surface area contributed by atoms with E-state index in [-0.39, 0.29) is 0 Å². The fraction of sp³-hybridized carbons (Fsp3) is 1.00. The molecule has 0 aliphatic rings. The molecule has 0 spiro atoms. The number of hydrogen-bond acceptors (Lipinski definition) is 0. The van der Waals surface area contributed by atoms with E-state index in [1.807, 2.05) is 0 Å². The molecule has 0 N–H and O–H groups in total. The molecule has 0 amide bonds. The van der Waals surface area contributed by atoms with E-state index in [9.17, 15) is 43.9 Å². The second kappa shape index (κ2) is 5.96. The maximum Gasteiger partial charge on any atom is 0.460 e. The first-order valence-corrected chi connectivity index (χ1v) is 4.55. The van der Waals surface area contributed by atoms with Gasteiger partial charge < -0.3 is 0 Å². The van der Waals surface area contributed by atoms with Crippen LogP contribution in [0.2, 0.25) is 0 Å². The molecule has 0 aliphatic carbocycles. The molecular formula is C8H10F10. The summed E-state index contributed by atoms with van der Waals surface area (Å²) >= 11 is 0. The molecule has 0 unspecified atom stereocenters. The molecule has 0 aliphatic heterocycles. The lowest BCUT2D eigenvalue weighted by Crippen LogP contribution is -2.59. The number of unbranched alkanes of at least 4 members (excludes halogenated alkanes) is 1. The van der Waals surface area contributed by atoms with Crippen molar-refractivity contribution in [2.75, 3.05) is 0 Å². The lowest BCUT2D eigenvalue weighted by Gasteiger charge is -2.29. The highest BCUT2D eigenvalue weighted by atomic mass is 19.4. The Hall–Kier alpha value is -0.700. The number of hydrogen-bond donors (Lipinski definition) is 0. The summed E-state index contributed by atoms with van der Waals surface area (Å²) in [4.78, 5) is 0. The van der Waals surface area contributed by atoms with Crippen molar-refractivity contribution in [2.24, 2.45) is 0 Å². The Labute approximate surface area is 96.0 Å². The lowest BCUT2D eigenvalue weighted by molar-refractivity contribution is -0.419. The third-order valence-corrected chi connectivity index (χ3v) is 1.61. The van der Waals surface area contributed by atoms with E-state index in [0.29, 0.717) is 0 Å².